The minimum Gasteiger partial charge on any atom is -0.457 e. The topological polar surface area (TPSA) is 21.7 Å². The number of hydrogen-bond donors (Lipinski definition) is 0. The Balaban J connectivity index is 1.14. The molecule has 0 saturated carbocycles. The van der Waals surface area contributed by atoms with Gasteiger partial charge in [0.25, 0.3) is 0 Å². The smallest absolute Gasteiger partial charge is 0.132 e. The molecule has 1 aliphatic carbocycles. The predicted octanol–water partition coefficient (Wildman–Crippen LogP) is 12.2. The van der Waals surface area contributed by atoms with Gasteiger partial charge in [0.05, 0.1) is 11.5 Å². The summed E-state index contributed by atoms with van der Waals surface area (Å²) in [6.45, 7) is 0. The number of anilines is 2. The molecule has 0 radical (unpaired) electrons. The first kappa shape index (κ1) is 29.2. The highest BCUT2D eigenvalue weighted by Crippen LogP contribution is 2.62. The fourth-order valence-electron chi connectivity index (χ4n) is 9.22. The highest BCUT2D eigenvalue weighted by atomic mass is 16.5. The van der Waals surface area contributed by atoms with E-state index < -0.39 is 5.41 Å². The van der Waals surface area contributed by atoms with Crippen LogP contribution in [0.25, 0.3) is 16.7 Å². The van der Waals surface area contributed by atoms with Crippen LogP contribution in [0, 0.1) is 0 Å². The molecular formula is C49H33NO2. The molecule has 0 fully saturated rings. The fourth-order valence-corrected chi connectivity index (χ4v) is 9.22. The van der Waals surface area contributed by atoms with E-state index in [0.29, 0.717) is 0 Å². The van der Waals surface area contributed by atoms with E-state index in [-0.39, 0.29) is 12.0 Å². The predicted molar refractivity (Wildman–Crippen MR) is 209 cm³/mol. The van der Waals surface area contributed by atoms with Gasteiger partial charge in [0.2, 0.25) is 0 Å². The van der Waals surface area contributed by atoms with Gasteiger partial charge < -0.3 is 14.4 Å². The van der Waals surface area contributed by atoms with Crippen molar-refractivity contribution >= 4 is 16.9 Å². The third kappa shape index (κ3) is 4.08. The fraction of sp³-hybridized carbons (Fsp3) is 0.0612. The molecular weight excluding hydrogens is 635 g/mol. The molecule has 0 aromatic heterocycles. The minimum absolute atomic E-state index is 0.155. The number of para-hydroxylation sites is 4. The van der Waals surface area contributed by atoms with Gasteiger partial charge in [-0.25, -0.2) is 0 Å². The first-order chi connectivity index (χ1) is 25.8. The second-order valence-corrected chi connectivity index (χ2v) is 14.0. The molecule has 7 aromatic rings. The van der Waals surface area contributed by atoms with E-state index in [1.165, 1.54) is 28.1 Å². The van der Waals surface area contributed by atoms with Crippen LogP contribution in [0.3, 0.4) is 0 Å². The molecule has 7 aromatic carbocycles. The molecule has 0 amide bonds. The van der Waals surface area contributed by atoms with Gasteiger partial charge in [-0.05, 0) is 76.4 Å². The number of allylic oxidation sites excluding steroid dienone is 2. The molecule has 3 aliphatic heterocycles. The number of fused-ring (bicyclic) bond motifs is 11. The Bertz CT molecular complexity index is 2590. The minimum atomic E-state index is -0.673. The third-order valence-electron chi connectivity index (χ3n) is 11.4. The van der Waals surface area contributed by atoms with Crippen molar-refractivity contribution < 1.29 is 9.47 Å². The lowest BCUT2D eigenvalue weighted by atomic mass is 9.62. The normalized spacial score (nSPS) is 19.9. The molecule has 246 valence electrons. The molecule has 3 heteroatoms. The van der Waals surface area contributed by atoms with Crippen LogP contribution in [0.15, 0.2) is 188 Å². The van der Waals surface area contributed by atoms with E-state index in [1.54, 1.807) is 0 Å². The van der Waals surface area contributed by atoms with E-state index >= 15 is 0 Å². The van der Waals surface area contributed by atoms with Crippen LogP contribution in [0.2, 0.25) is 0 Å². The van der Waals surface area contributed by atoms with Gasteiger partial charge in [0.15, 0.2) is 0 Å². The van der Waals surface area contributed by atoms with Crippen molar-refractivity contribution in [2.24, 2.45) is 0 Å². The van der Waals surface area contributed by atoms with Crippen molar-refractivity contribution in [1.29, 1.82) is 0 Å². The Hall–Kier alpha value is -6.58. The summed E-state index contributed by atoms with van der Waals surface area (Å²) in [5, 5.41) is 0. The van der Waals surface area contributed by atoms with E-state index in [2.05, 4.69) is 193 Å². The summed E-state index contributed by atoms with van der Waals surface area (Å²) in [4.78, 5) is 2.50. The Morgan fingerprint density at radius 3 is 1.87 bits per heavy atom. The molecule has 4 aliphatic rings. The zero-order chi connectivity index (χ0) is 34.2. The van der Waals surface area contributed by atoms with Crippen molar-refractivity contribution in [3.63, 3.8) is 0 Å². The van der Waals surface area contributed by atoms with Gasteiger partial charge >= 0.3 is 0 Å². The molecule has 3 unspecified atom stereocenters. The monoisotopic (exact) mass is 667 g/mol. The molecule has 3 atom stereocenters. The van der Waals surface area contributed by atoms with Crippen LogP contribution >= 0.6 is 0 Å². The molecule has 0 saturated heterocycles. The van der Waals surface area contributed by atoms with Gasteiger partial charge in [-0.1, -0.05) is 140 Å². The van der Waals surface area contributed by atoms with E-state index in [0.717, 1.165) is 56.4 Å². The lowest BCUT2D eigenvalue weighted by Crippen LogP contribution is -2.37. The van der Waals surface area contributed by atoms with Crippen molar-refractivity contribution in [2.75, 3.05) is 4.90 Å². The summed E-state index contributed by atoms with van der Waals surface area (Å²) in [6.07, 6.45) is 6.91. The Labute approximate surface area is 303 Å². The molecule has 0 N–H and O–H groups in total. The van der Waals surface area contributed by atoms with Crippen LogP contribution in [0.4, 0.5) is 11.4 Å². The molecule has 3 nitrogen and oxygen atoms in total. The average molecular weight is 668 g/mol. The average Bonchev–Trinajstić information content (AvgIpc) is 3.56. The second-order valence-electron chi connectivity index (χ2n) is 14.0. The van der Waals surface area contributed by atoms with Crippen LogP contribution < -0.4 is 14.4 Å². The molecule has 3 heterocycles. The van der Waals surface area contributed by atoms with Crippen molar-refractivity contribution in [1.82, 2.24) is 0 Å². The maximum atomic E-state index is 6.83. The molecule has 1 spiro atoms. The molecule has 11 rings (SSSR count). The Kier molecular flexibility index (Phi) is 6.29. The zero-order valence-corrected chi connectivity index (χ0v) is 28.3. The zero-order valence-electron chi connectivity index (χ0n) is 28.3. The first-order valence-electron chi connectivity index (χ1n) is 18.0. The SMILES string of the molecule is C1=CC2C(C(c3ccc4c(c3)C3(c5ccccc5Oc5cc(-c6ccccc6)ccc53)c3ccccc3O4)=C1)c1ccccc1N2c1ccccc1. The van der Waals surface area contributed by atoms with E-state index in [1.807, 2.05) is 0 Å². The first-order valence-corrected chi connectivity index (χ1v) is 18.0. The van der Waals surface area contributed by atoms with Crippen molar-refractivity contribution in [3.05, 3.63) is 221 Å². The summed E-state index contributed by atoms with van der Waals surface area (Å²) in [5.41, 5.74) is 12.4. The summed E-state index contributed by atoms with van der Waals surface area (Å²) in [7, 11) is 0. The van der Waals surface area contributed by atoms with Crippen LogP contribution in [-0.2, 0) is 5.41 Å². The van der Waals surface area contributed by atoms with Crippen molar-refractivity contribution in [3.8, 4) is 34.1 Å². The van der Waals surface area contributed by atoms with Crippen LogP contribution in [0.5, 0.6) is 23.0 Å². The maximum absolute atomic E-state index is 6.83. The molecule has 0 bridgehead atoms. The number of hydrogen-bond acceptors (Lipinski definition) is 3. The second kappa shape index (κ2) is 11.2. The standard InChI is InChI=1S/C49H33NO2/c1-3-14-32(15-4-1)33-26-28-40-47(31-33)52-45-25-12-9-21-39(45)49(40)38-20-8-11-24-44(38)51-46-29-27-34(30-41(46)49)36-19-13-23-43-48(36)37-18-7-10-22-42(37)50(43)35-16-5-2-6-17-35/h1-31,43,48H. The lowest BCUT2D eigenvalue weighted by Gasteiger charge is -2.45. The van der Waals surface area contributed by atoms with Gasteiger partial charge in [-0.3, -0.25) is 0 Å². The quantitative estimate of drug-likeness (QED) is 0.187. The van der Waals surface area contributed by atoms with Gasteiger partial charge in [-0.2, -0.15) is 0 Å². The summed E-state index contributed by atoms with van der Waals surface area (Å²) < 4.78 is 13.6. The highest BCUT2D eigenvalue weighted by molar-refractivity contribution is 5.87. The Morgan fingerprint density at radius 2 is 1.08 bits per heavy atom. The van der Waals surface area contributed by atoms with Gasteiger partial charge in [0.1, 0.15) is 23.0 Å². The highest BCUT2D eigenvalue weighted by Gasteiger charge is 2.51. The van der Waals surface area contributed by atoms with E-state index in [9.17, 15) is 0 Å². The largest absolute Gasteiger partial charge is 0.457 e. The van der Waals surface area contributed by atoms with Crippen LogP contribution in [-0.4, -0.2) is 6.04 Å². The van der Waals surface area contributed by atoms with Crippen molar-refractivity contribution in [2.45, 2.75) is 17.4 Å². The summed E-state index contributed by atoms with van der Waals surface area (Å²) >= 11 is 0. The summed E-state index contributed by atoms with van der Waals surface area (Å²) in [6, 6.07) is 60.9. The maximum Gasteiger partial charge on any atom is 0.132 e. The third-order valence-corrected chi connectivity index (χ3v) is 11.4. The lowest BCUT2D eigenvalue weighted by molar-refractivity contribution is 0.399. The van der Waals surface area contributed by atoms with E-state index in [4.69, 9.17) is 9.47 Å². The van der Waals surface area contributed by atoms with Crippen LogP contribution in [0.1, 0.15) is 39.3 Å². The number of nitrogens with zero attached hydrogens (tertiary/aromatic N) is 1. The van der Waals surface area contributed by atoms with Gasteiger partial charge in [0, 0.05) is 39.5 Å². The summed E-state index contributed by atoms with van der Waals surface area (Å²) in [5.74, 6) is 3.60. The molecule has 52 heavy (non-hydrogen) atoms. The number of ether oxygens (including phenoxy) is 2. The number of rotatable bonds is 3. The van der Waals surface area contributed by atoms with Gasteiger partial charge in [-0.15, -0.1) is 0 Å². The number of benzene rings is 7. The Morgan fingerprint density at radius 1 is 0.462 bits per heavy atom.